The predicted molar refractivity (Wildman–Crippen MR) is 94.4 cm³/mol. The number of hydrazone groups is 1. The highest BCUT2D eigenvalue weighted by atomic mass is 19.1. The normalized spacial score (nSPS) is 11.0. The average molecular weight is 347 g/mol. The van der Waals surface area contributed by atoms with Crippen LogP contribution in [0.25, 0.3) is 5.69 Å². The minimum atomic E-state index is -0.445. The van der Waals surface area contributed by atoms with E-state index in [4.69, 9.17) is 5.26 Å². The zero-order valence-corrected chi connectivity index (χ0v) is 13.8. The zero-order valence-electron chi connectivity index (χ0n) is 13.8. The molecule has 26 heavy (non-hydrogen) atoms. The van der Waals surface area contributed by atoms with E-state index in [2.05, 4.69) is 15.5 Å². The maximum Gasteiger partial charge on any atom is 0.289 e. The smallest absolute Gasteiger partial charge is 0.289 e. The van der Waals surface area contributed by atoms with E-state index in [9.17, 15) is 9.18 Å². The number of hydrogen-bond acceptors (Lipinski definition) is 4. The number of nitriles is 1. The average Bonchev–Trinajstić information content (AvgIpc) is 3.16. The lowest BCUT2D eigenvalue weighted by molar-refractivity contribution is 0.0948. The monoisotopic (exact) mass is 347 g/mol. The standard InChI is InChI=1S/C19H14FN5O/c1-13(15-4-2-14(10-21)3-5-15)23-24-19(26)18-11-22-12-25(18)17-8-6-16(20)7-9-17/h2-9,11-12H,1H3,(H,24,26)/b23-13+. The third kappa shape index (κ3) is 3.65. The van der Waals surface area contributed by atoms with E-state index in [-0.39, 0.29) is 11.5 Å². The number of hydrogen-bond donors (Lipinski definition) is 1. The van der Waals surface area contributed by atoms with Gasteiger partial charge in [-0.05, 0) is 48.9 Å². The summed E-state index contributed by atoms with van der Waals surface area (Å²) in [6, 6.07) is 14.6. The summed E-state index contributed by atoms with van der Waals surface area (Å²) < 4.78 is 14.6. The van der Waals surface area contributed by atoms with Gasteiger partial charge in [0.25, 0.3) is 5.91 Å². The van der Waals surface area contributed by atoms with Gasteiger partial charge in [0.05, 0.1) is 29.9 Å². The van der Waals surface area contributed by atoms with Crippen molar-refractivity contribution < 1.29 is 9.18 Å². The predicted octanol–water partition coefficient (Wildman–Crippen LogP) is 3.04. The molecule has 0 aliphatic heterocycles. The van der Waals surface area contributed by atoms with Gasteiger partial charge in [0, 0.05) is 5.69 Å². The molecule has 0 aliphatic carbocycles. The highest BCUT2D eigenvalue weighted by Gasteiger charge is 2.13. The highest BCUT2D eigenvalue weighted by molar-refractivity contribution is 6.00. The molecule has 7 heteroatoms. The number of rotatable bonds is 4. The third-order valence-electron chi connectivity index (χ3n) is 3.73. The zero-order chi connectivity index (χ0) is 18.5. The minimum Gasteiger partial charge on any atom is -0.295 e. The molecule has 0 unspecified atom stereocenters. The van der Waals surface area contributed by atoms with Crippen LogP contribution in [0.2, 0.25) is 0 Å². The number of imidazole rings is 1. The van der Waals surface area contributed by atoms with Crippen LogP contribution >= 0.6 is 0 Å². The van der Waals surface area contributed by atoms with Crippen molar-refractivity contribution >= 4 is 11.6 Å². The Bertz CT molecular complexity index is 998. The van der Waals surface area contributed by atoms with Crippen LogP contribution in [0, 0.1) is 17.1 Å². The van der Waals surface area contributed by atoms with Crippen molar-refractivity contribution in [3.63, 3.8) is 0 Å². The number of amides is 1. The Kier molecular flexibility index (Phi) is 4.85. The number of carbonyl (C=O) groups is 1. The quantitative estimate of drug-likeness (QED) is 0.582. The number of carbonyl (C=O) groups excluding carboxylic acids is 1. The molecule has 1 heterocycles. The van der Waals surface area contributed by atoms with Crippen LogP contribution in [0.4, 0.5) is 4.39 Å². The van der Waals surface area contributed by atoms with Crippen LogP contribution in [0.1, 0.15) is 28.5 Å². The maximum atomic E-state index is 13.1. The summed E-state index contributed by atoms with van der Waals surface area (Å²) >= 11 is 0. The fraction of sp³-hybridized carbons (Fsp3) is 0.0526. The Morgan fingerprint density at radius 2 is 1.88 bits per heavy atom. The van der Waals surface area contributed by atoms with Crippen LogP contribution in [0.15, 0.2) is 66.2 Å². The summed E-state index contributed by atoms with van der Waals surface area (Å²) in [6.07, 6.45) is 2.88. The molecule has 3 rings (SSSR count). The molecule has 0 saturated heterocycles. The van der Waals surface area contributed by atoms with E-state index in [1.54, 1.807) is 47.9 Å². The summed E-state index contributed by atoms with van der Waals surface area (Å²) in [4.78, 5) is 16.4. The Morgan fingerprint density at radius 1 is 1.19 bits per heavy atom. The highest BCUT2D eigenvalue weighted by Crippen LogP contribution is 2.12. The summed E-state index contributed by atoms with van der Waals surface area (Å²) in [7, 11) is 0. The van der Waals surface area contributed by atoms with Gasteiger partial charge in [-0.2, -0.15) is 10.4 Å². The van der Waals surface area contributed by atoms with Gasteiger partial charge in [0.1, 0.15) is 11.5 Å². The summed E-state index contributed by atoms with van der Waals surface area (Å²) in [5, 5.41) is 12.9. The number of nitrogens with one attached hydrogen (secondary N) is 1. The van der Waals surface area contributed by atoms with Crippen LogP contribution < -0.4 is 5.43 Å². The van der Waals surface area contributed by atoms with Gasteiger partial charge in [-0.15, -0.1) is 0 Å². The second kappa shape index (κ2) is 7.40. The van der Waals surface area contributed by atoms with Gasteiger partial charge in [-0.1, -0.05) is 12.1 Å². The Balaban J connectivity index is 1.77. The molecule has 3 aromatic rings. The van der Waals surface area contributed by atoms with Crippen molar-refractivity contribution in [1.29, 1.82) is 5.26 Å². The molecular weight excluding hydrogens is 333 g/mol. The first-order valence-corrected chi connectivity index (χ1v) is 7.72. The van der Waals surface area contributed by atoms with E-state index in [0.29, 0.717) is 17.0 Å². The molecule has 1 N–H and O–H groups in total. The second-order valence-corrected chi connectivity index (χ2v) is 5.45. The molecule has 1 amide bonds. The van der Waals surface area contributed by atoms with Crippen LogP contribution in [0.3, 0.4) is 0 Å². The maximum absolute atomic E-state index is 13.1. The number of nitrogens with zero attached hydrogens (tertiary/aromatic N) is 4. The summed E-state index contributed by atoms with van der Waals surface area (Å²) in [6.45, 7) is 1.75. The second-order valence-electron chi connectivity index (χ2n) is 5.45. The third-order valence-corrected chi connectivity index (χ3v) is 3.73. The van der Waals surface area contributed by atoms with Crippen molar-refractivity contribution in [1.82, 2.24) is 15.0 Å². The van der Waals surface area contributed by atoms with Crippen LogP contribution in [-0.4, -0.2) is 21.2 Å². The Labute approximate surface area is 149 Å². The largest absolute Gasteiger partial charge is 0.295 e. The molecule has 0 aliphatic rings. The number of benzene rings is 2. The van der Waals surface area contributed by atoms with Crippen molar-refractivity contribution in [2.24, 2.45) is 5.10 Å². The van der Waals surface area contributed by atoms with E-state index in [0.717, 1.165) is 5.56 Å². The van der Waals surface area contributed by atoms with E-state index in [1.807, 2.05) is 6.07 Å². The van der Waals surface area contributed by atoms with E-state index < -0.39 is 5.91 Å². The molecule has 0 bridgehead atoms. The number of halogens is 1. The lowest BCUT2D eigenvalue weighted by Gasteiger charge is -2.07. The fourth-order valence-corrected chi connectivity index (χ4v) is 2.31. The van der Waals surface area contributed by atoms with Gasteiger partial charge in [0.15, 0.2) is 0 Å². The first-order chi connectivity index (χ1) is 12.6. The Morgan fingerprint density at radius 3 is 2.54 bits per heavy atom. The fourth-order valence-electron chi connectivity index (χ4n) is 2.31. The summed E-state index contributed by atoms with van der Waals surface area (Å²) in [5.74, 6) is -0.803. The summed E-state index contributed by atoms with van der Waals surface area (Å²) in [5.41, 5.74) is 5.30. The van der Waals surface area contributed by atoms with Crippen molar-refractivity contribution in [2.75, 3.05) is 0 Å². The molecule has 1 aromatic heterocycles. The van der Waals surface area contributed by atoms with E-state index >= 15 is 0 Å². The van der Waals surface area contributed by atoms with Crippen molar-refractivity contribution in [2.45, 2.75) is 6.92 Å². The molecule has 0 fully saturated rings. The van der Waals surface area contributed by atoms with Gasteiger partial charge in [-0.25, -0.2) is 14.8 Å². The molecule has 128 valence electrons. The molecule has 0 radical (unpaired) electrons. The topological polar surface area (TPSA) is 83.1 Å². The first kappa shape index (κ1) is 17.0. The SMILES string of the molecule is C/C(=N\NC(=O)c1cncn1-c1ccc(F)cc1)c1ccc(C#N)cc1. The van der Waals surface area contributed by atoms with E-state index in [1.165, 1.54) is 24.7 Å². The molecule has 0 atom stereocenters. The Hall–Kier alpha value is -3.79. The van der Waals surface area contributed by atoms with Crippen LogP contribution in [0.5, 0.6) is 0 Å². The molecule has 0 saturated carbocycles. The van der Waals surface area contributed by atoms with Crippen LogP contribution in [-0.2, 0) is 0 Å². The molecule has 6 nitrogen and oxygen atoms in total. The molecular formula is C19H14FN5O. The van der Waals surface area contributed by atoms with Crippen molar-refractivity contribution in [3.8, 4) is 11.8 Å². The number of aromatic nitrogens is 2. The molecule has 2 aromatic carbocycles. The lowest BCUT2D eigenvalue weighted by atomic mass is 10.1. The minimum absolute atomic E-state index is 0.271. The first-order valence-electron chi connectivity index (χ1n) is 7.72. The lowest BCUT2D eigenvalue weighted by Crippen LogP contribution is -2.22. The van der Waals surface area contributed by atoms with Crippen molar-refractivity contribution in [3.05, 3.63) is 83.7 Å². The molecule has 0 spiro atoms. The van der Waals surface area contributed by atoms with Gasteiger partial charge < -0.3 is 0 Å². The van der Waals surface area contributed by atoms with Gasteiger partial charge >= 0.3 is 0 Å². The van der Waals surface area contributed by atoms with Gasteiger partial charge in [0.2, 0.25) is 0 Å². The van der Waals surface area contributed by atoms with Gasteiger partial charge in [-0.3, -0.25) is 9.36 Å².